The molecule has 0 aromatic carbocycles. The first-order chi connectivity index (χ1) is 10.3. The highest BCUT2D eigenvalue weighted by molar-refractivity contribution is 5.69. The van der Waals surface area contributed by atoms with E-state index in [1.807, 2.05) is 25.7 Å². The molecule has 2 rings (SSSR count). The van der Waals surface area contributed by atoms with Crippen LogP contribution in [0.4, 0.5) is 16.3 Å². The molecule has 0 saturated carbocycles. The van der Waals surface area contributed by atoms with Crippen LogP contribution in [-0.4, -0.2) is 52.7 Å². The van der Waals surface area contributed by atoms with Crippen molar-refractivity contribution in [2.24, 2.45) is 0 Å². The Morgan fingerprint density at radius 3 is 2.50 bits per heavy atom. The van der Waals surface area contributed by atoms with Gasteiger partial charge in [0.2, 0.25) is 0 Å². The summed E-state index contributed by atoms with van der Waals surface area (Å²) in [6.07, 6.45) is 1.05. The van der Waals surface area contributed by atoms with Gasteiger partial charge in [0.05, 0.1) is 0 Å². The van der Waals surface area contributed by atoms with Gasteiger partial charge in [-0.1, -0.05) is 0 Å². The molecule has 8 heteroatoms. The Hall–Kier alpha value is -2.38. The SMILES string of the molecule is CC(C)(C)OC(=O)N1CCN(c2cccnc2[N+](=O)[O-])CC1. The van der Waals surface area contributed by atoms with Gasteiger partial charge < -0.3 is 24.7 Å². The number of hydrogen-bond acceptors (Lipinski definition) is 6. The van der Waals surface area contributed by atoms with E-state index in [1.165, 1.54) is 6.20 Å². The molecule has 1 amide bonds. The summed E-state index contributed by atoms with van der Waals surface area (Å²) in [5.74, 6) is -0.159. The first-order valence-corrected chi connectivity index (χ1v) is 7.10. The van der Waals surface area contributed by atoms with Gasteiger partial charge in [-0.3, -0.25) is 0 Å². The van der Waals surface area contributed by atoms with Crippen molar-refractivity contribution >= 4 is 17.6 Å². The van der Waals surface area contributed by atoms with E-state index in [0.29, 0.717) is 31.9 Å². The number of nitrogens with zero attached hydrogens (tertiary/aromatic N) is 4. The van der Waals surface area contributed by atoms with Crippen LogP contribution in [-0.2, 0) is 4.74 Å². The standard InChI is InChI=1S/C14H20N4O4/c1-14(2,3)22-13(19)17-9-7-16(8-10-17)11-5-4-6-15-12(11)18(20)21/h4-6H,7-10H2,1-3H3. The van der Waals surface area contributed by atoms with E-state index in [1.54, 1.807) is 17.0 Å². The summed E-state index contributed by atoms with van der Waals surface area (Å²) in [5, 5.41) is 11.0. The van der Waals surface area contributed by atoms with Gasteiger partial charge in [-0.2, -0.15) is 0 Å². The summed E-state index contributed by atoms with van der Waals surface area (Å²) in [7, 11) is 0. The summed E-state index contributed by atoms with van der Waals surface area (Å²) in [5.41, 5.74) is -0.0487. The maximum Gasteiger partial charge on any atom is 0.410 e. The number of aromatic nitrogens is 1. The van der Waals surface area contributed by atoms with Gasteiger partial charge in [-0.05, 0) is 42.8 Å². The maximum atomic E-state index is 12.0. The summed E-state index contributed by atoms with van der Waals surface area (Å²) < 4.78 is 5.33. The Labute approximate surface area is 128 Å². The zero-order chi connectivity index (χ0) is 16.3. The lowest BCUT2D eigenvalue weighted by molar-refractivity contribution is -0.388. The predicted molar refractivity (Wildman–Crippen MR) is 80.9 cm³/mol. The van der Waals surface area contributed by atoms with Crippen LogP contribution in [0.2, 0.25) is 0 Å². The van der Waals surface area contributed by atoms with Crippen molar-refractivity contribution in [3.05, 3.63) is 28.4 Å². The number of ether oxygens (including phenoxy) is 1. The minimum atomic E-state index is -0.531. The molecule has 0 unspecified atom stereocenters. The number of carbonyl (C=O) groups excluding carboxylic acids is 1. The Bertz CT molecular complexity index is 562. The average Bonchev–Trinajstić information content (AvgIpc) is 2.45. The minimum absolute atomic E-state index is 0.159. The molecule has 1 aliphatic heterocycles. The highest BCUT2D eigenvalue weighted by Gasteiger charge is 2.28. The van der Waals surface area contributed by atoms with Gasteiger partial charge in [-0.25, -0.2) is 4.79 Å². The van der Waals surface area contributed by atoms with Gasteiger partial charge in [0.15, 0.2) is 0 Å². The number of carbonyl (C=O) groups is 1. The quantitative estimate of drug-likeness (QED) is 0.613. The minimum Gasteiger partial charge on any atom is -0.444 e. The number of piperazine rings is 1. The van der Waals surface area contributed by atoms with Crippen molar-refractivity contribution in [3.8, 4) is 0 Å². The van der Waals surface area contributed by atoms with Crippen molar-refractivity contribution < 1.29 is 14.5 Å². The molecule has 0 spiro atoms. The zero-order valence-electron chi connectivity index (χ0n) is 13.0. The van der Waals surface area contributed by atoms with Crippen molar-refractivity contribution in [2.45, 2.75) is 26.4 Å². The first-order valence-electron chi connectivity index (χ1n) is 7.10. The first kappa shape index (κ1) is 16.0. The third kappa shape index (κ3) is 3.84. The number of pyridine rings is 1. The second-order valence-corrected chi connectivity index (χ2v) is 6.06. The van der Waals surface area contributed by atoms with Crippen molar-refractivity contribution in [3.63, 3.8) is 0 Å². The molecule has 0 atom stereocenters. The van der Waals surface area contributed by atoms with Gasteiger partial charge in [-0.15, -0.1) is 0 Å². The van der Waals surface area contributed by atoms with Crippen LogP contribution >= 0.6 is 0 Å². The Kier molecular flexibility index (Phi) is 4.48. The van der Waals surface area contributed by atoms with E-state index in [9.17, 15) is 14.9 Å². The highest BCUT2D eigenvalue weighted by atomic mass is 16.6. The zero-order valence-corrected chi connectivity index (χ0v) is 13.0. The van der Waals surface area contributed by atoms with E-state index in [2.05, 4.69) is 4.98 Å². The van der Waals surface area contributed by atoms with Crippen LogP contribution < -0.4 is 4.90 Å². The van der Waals surface area contributed by atoms with E-state index >= 15 is 0 Å². The molecule has 8 nitrogen and oxygen atoms in total. The molecule has 1 aliphatic rings. The fourth-order valence-electron chi connectivity index (χ4n) is 2.23. The van der Waals surface area contributed by atoms with E-state index in [4.69, 9.17) is 4.74 Å². The van der Waals surface area contributed by atoms with Gasteiger partial charge in [0.1, 0.15) is 17.5 Å². The van der Waals surface area contributed by atoms with Gasteiger partial charge >= 0.3 is 11.9 Å². The lowest BCUT2D eigenvalue weighted by Crippen LogP contribution is -2.50. The average molecular weight is 308 g/mol. The Morgan fingerprint density at radius 1 is 1.32 bits per heavy atom. The molecule has 1 saturated heterocycles. The van der Waals surface area contributed by atoms with E-state index in [0.717, 1.165) is 0 Å². The van der Waals surface area contributed by atoms with Crippen LogP contribution in [0, 0.1) is 10.1 Å². The fourth-order valence-corrected chi connectivity index (χ4v) is 2.23. The van der Waals surface area contributed by atoms with Crippen LogP contribution in [0.15, 0.2) is 18.3 Å². The smallest absolute Gasteiger partial charge is 0.410 e. The Morgan fingerprint density at radius 2 is 1.95 bits per heavy atom. The number of hydrogen-bond donors (Lipinski definition) is 0. The number of anilines is 1. The Balaban J connectivity index is 2.01. The summed E-state index contributed by atoms with van der Waals surface area (Å²) in [6, 6.07) is 3.34. The molecule has 1 fully saturated rings. The van der Waals surface area contributed by atoms with Crippen LogP contribution in [0.1, 0.15) is 20.8 Å². The van der Waals surface area contributed by atoms with Crippen molar-refractivity contribution in [1.82, 2.24) is 9.88 Å². The molecule has 0 N–H and O–H groups in total. The molecule has 120 valence electrons. The monoisotopic (exact) mass is 308 g/mol. The fraction of sp³-hybridized carbons (Fsp3) is 0.571. The molecule has 1 aromatic rings. The molecule has 0 radical (unpaired) electrons. The third-order valence-electron chi connectivity index (χ3n) is 3.21. The van der Waals surface area contributed by atoms with Gasteiger partial charge in [0.25, 0.3) is 0 Å². The molecule has 0 aliphatic carbocycles. The van der Waals surface area contributed by atoms with E-state index < -0.39 is 10.5 Å². The molecule has 0 bridgehead atoms. The lowest BCUT2D eigenvalue weighted by atomic mass is 10.2. The van der Waals surface area contributed by atoms with Crippen LogP contribution in [0.3, 0.4) is 0 Å². The molecular formula is C14H20N4O4. The molecule has 1 aromatic heterocycles. The summed E-state index contributed by atoms with van der Waals surface area (Å²) in [6.45, 7) is 7.39. The van der Waals surface area contributed by atoms with Crippen molar-refractivity contribution in [2.75, 3.05) is 31.1 Å². The number of amides is 1. The second kappa shape index (κ2) is 6.17. The van der Waals surface area contributed by atoms with E-state index in [-0.39, 0.29) is 11.9 Å². The molecule has 2 heterocycles. The van der Waals surface area contributed by atoms with Gasteiger partial charge in [0, 0.05) is 26.2 Å². The molecular weight excluding hydrogens is 288 g/mol. The van der Waals surface area contributed by atoms with Crippen molar-refractivity contribution in [1.29, 1.82) is 0 Å². The predicted octanol–water partition coefficient (Wildman–Crippen LogP) is 2.05. The summed E-state index contributed by atoms with van der Waals surface area (Å²) in [4.78, 5) is 29.8. The largest absolute Gasteiger partial charge is 0.444 e. The third-order valence-corrected chi connectivity index (χ3v) is 3.21. The highest BCUT2D eigenvalue weighted by Crippen LogP contribution is 2.26. The molecule has 22 heavy (non-hydrogen) atoms. The summed E-state index contributed by atoms with van der Waals surface area (Å²) >= 11 is 0. The number of rotatable bonds is 2. The lowest BCUT2D eigenvalue weighted by Gasteiger charge is -2.36. The van der Waals surface area contributed by atoms with Crippen LogP contribution in [0.5, 0.6) is 0 Å². The normalized spacial score (nSPS) is 15.6. The second-order valence-electron chi connectivity index (χ2n) is 6.06. The maximum absolute atomic E-state index is 12.0. The topological polar surface area (TPSA) is 88.8 Å². The van der Waals surface area contributed by atoms with Crippen LogP contribution in [0.25, 0.3) is 0 Å². The number of nitro groups is 1.